The number of nitrogens with zero attached hydrogens (tertiary/aromatic N) is 3. The fraction of sp³-hybridized carbons (Fsp3) is 0.667. The van der Waals surface area contributed by atoms with Gasteiger partial charge in [0.05, 0.1) is 17.9 Å². The standard InChI is InChI=1S/C15H24N4OS/c1-10(2)16-7-13-14(17-15-19(13)5-6-21-15)18-8-11(3)20-12(4)9-18/h5-6,10-12,16H,7-9H2,1-4H3. The monoisotopic (exact) mass is 308 g/mol. The summed E-state index contributed by atoms with van der Waals surface area (Å²) < 4.78 is 8.05. The van der Waals surface area contributed by atoms with Crippen molar-refractivity contribution in [2.24, 2.45) is 0 Å². The molecule has 0 saturated carbocycles. The quantitative estimate of drug-likeness (QED) is 0.942. The van der Waals surface area contributed by atoms with E-state index in [2.05, 4.69) is 53.9 Å². The largest absolute Gasteiger partial charge is 0.372 e. The predicted molar refractivity (Wildman–Crippen MR) is 87.3 cm³/mol. The normalized spacial score (nSPS) is 23.4. The van der Waals surface area contributed by atoms with E-state index in [9.17, 15) is 0 Å². The van der Waals surface area contributed by atoms with Crippen LogP contribution in [0.15, 0.2) is 11.6 Å². The van der Waals surface area contributed by atoms with Crippen LogP contribution in [0, 0.1) is 0 Å². The molecule has 0 radical (unpaired) electrons. The van der Waals surface area contributed by atoms with Crippen LogP contribution in [0.4, 0.5) is 5.82 Å². The molecule has 1 aliphatic rings. The molecule has 2 unspecified atom stereocenters. The first-order chi connectivity index (χ1) is 10.0. The number of morpholine rings is 1. The van der Waals surface area contributed by atoms with Crippen molar-refractivity contribution in [1.82, 2.24) is 14.7 Å². The zero-order valence-corrected chi connectivity index (χ0v) is 14.0. The number of ether oxygens (including phenoxy) is 1. The van der Waals surface area contributed by atoms with Gasteiger partial charge in [-0.2, -0.15) is 0 Å². The first kappa shape index (κ1) is 14.8. The number of anilines is 1. The minimum absolute atomic E-state index is 0.249. The first-order valence-electron chi connectivity index (χ1n) is 7.62. The minimum atomic E-state index is 0.249. The Kier molecular flexibility index (Phi) is 4.19. The minimum Gasteiger partial charge on any atom is -0.372 e. The zero-order chi connectivity index (χ0) is 15.0. The van der Waals surface area contributed by atoms with Gasteiger partial charge in [0.25, 0.3) is 0 Å². The van der Waals surface area contributed by atoms with E-state index in [1.54, 1.807) is 11.3 Å². The second-order valence-corrected chi connectivity index (χ2v) is 7.01. The van der Waals surface area contributed by atoms with Crippen molar-refractivity contribution in [3.8, 4) is 0 Å². The number of nitrogens with one attached hydrogen (secondary N) is 1. The van der Waals surface area contributed by atoms with Gasteiger partial charge in [-0.15, -0.1) is 11.3 Å². The number of imidazole rings is 1. The van der Waals surface area contributed by atoms with E-state index in [0.717, 1.165) is 30.4 Å². The Balaban J connectivity index is 1.92. The smallest absolute Gasteiger partial charge is 0.195 e. The van der Waals surface area contributed by atoms with Gasteiger partial charge in [-0.25, -0.2) is 4.98 Å². The van der Waals surface area contributed by atoms with Crippen LogP contribution in [0.3, 0.4) is 0 Å². The molecule has 1 N–H and O–H groups in total. The van der Waals surface area contributed by atoms with E-state index in [1.165, 1.54) is 5.69 Å². The molecule has 0 aromatic carbocycles. The third kappa shape index (κ3) is 3.07. The molecule has 0 aliphatic carbocycles. The van der Waals surface area contributed by atoms with Gasteiger partial charge < -0.3 is 15.0 Å². The van der Waals surface area contributed by atoms with E-state index < -0.39 is 0 Å². The highest BCUT2D eigenvalue weighted by atomic mass is 32.1. The second-order valence-electron chi connectivity index (χ2n) is 6.14. The maximum absolute atomic E-state index is 5.84. The molecule has 0 spiro atoms. The van der Waals surface area contributed by atoms with Gasteiger partial charge in [-0.05, 0) is 13.8 Å². The molecule has 1 aliphatic heterocycles. The van der Waals surface area contributed by atoms with E-state index in [1.807, 2.05) is 0 Å². The van der Waals surface area contributed by atoms with Crippen molar-refractivity contribution in [1.29, 1.82) is 0 Å². The van der Waals surface area contributed by atoms with Crippen LogP contribution in [-0.4, -0.2) is 40.7 Å². The summed E-state index contributed by atoms with van der Waals surface area (Å²) in [7, 11) is 0. The number of hydrogen-bond donors (Lipinski definition) is 1. The highest BCUT2D eigenvalue weighted by Crippen LogP contribution is 2.27. The van der Waals surface area contributed by atoms with E-state index >= 15 is 0 Å². The van der Waals surface area contributed by atoms with E-state index in [4.69, 9.17) is 9.72 Å². The second kappa shape index (κ2) is 5.94. The molecule has 2 aromatic rings. The molecule has 2 atom stereocenters. The van der Waals surface area contributed by atoms with Crippen molar-refractivity contribution in [2.75, 3.05) is 18.0 Å². The molecular weight excluding hydrogens is 284 g/mol. The van der Waals surface area contributed by atoms with Gasteiger partial charge in [0, 0.05) is 37.3 Å². The van der Waals surface area contributed by atoms with Crippen molar-refractivity contribution in [3.63, 3.8) is 0 Å². The van der Waals surface area contributed by atoms with Crippen LogP contribution in [0.5, 0.6) is 0 Å². The van der Waals surface area contributed by atoms with E-state index in [0.29, 0.717) is 6.04 Å². The molecule has 116 valence electrons. The molecule has 3 rings (SSSR count). The Morgan fingerprint density at radius 2 is 2.10 bits per heavy atom. The van der Waals surface area contributed by atoms with Crippen LogP contribution < -0.4 is 10.2 Å². The summed E-state index contributed by atoms with van der Waals surface area (Å²) >= 11 is 1.69. The molecule has 2 aromatic heterocycles. The third-order valence-electron chi connectivity index (χ3n) is 3.74. The SMILES string of the molecule is CC(C)NCc1c(N2CC(C)OC(C)C2)nc2sccn12. The maximum atomic E-state index is 5.84. The molecule has 3 heterocycles. The molecule has 0 bridgehead atoms. The lowest BCUT2D eigenvalue weighted by molar-refractivity contribution is -0.00548. The van der Waals surface area contributed by atoms with Crippen molar-refractivity contribution in [2.45, 2.75) is 52.5 Å². The Labute approximate surface area is 129 Å². The third-order valence-corrected chi connectivity index (χ3v) is 4.49. The van der Waals surface area contributed by atoms with Crippen LogP contribution in [0.1, 0.15) is 33.4 Å². The molecule has 21 heavy (non-hydrogen) atoms. The summed E-state index contributed by atoms with van der Waals surface area (Å²) in [4.78, 5) is 8.29. The highest BCUT2D eigenvalue weighted by molar-refractivity contribution is 7.15. The van der Waals surface area contributed by atoms with Crippen LogP contribution >= 0.6 is 11.3 Å². The summed E-state index contributed by atoms with van der Waals surface area (Å²) in [6.45, 7) is 11.3. The fourth-order valence-electron chi connectivity index (χ4n) is 2.89. The number of thiazole rings is 1. The number of rotatable bonds is 4. The lowest BCUT2D eigenvalue weighted by Gasteiger charge is -2.36. The number of aromatic nitrogens is 2. The van der Waals surface area contributed by atoms with Crippen LogP contribution in [0.25, 0.3) is 4.96 Å². The Bertz CT molecular complexity index is 596. The lowest BCUT2D eigenvalue weighted by Crippen LogP contribution is -2.46. The highest BCUT2D eigenvalue weighted by Gasteiger charge is 2.27. The average molecular weight is 308 g/mol. The molecule has 1 saturated heterocycles. The summed E-state index contributed by atoms with van der Waals surface area (Å²) in [6, 6.07) is 0.463. The Morgan fingerprint density at radius 3 is 2.76 bits per heavy atom. The van der Waals surface area contributed by atoms with Gasteiger partial charge in [-0.3, -0.25) is 4.40 Å². The summed E-state index contributed by atoms with van der Waals surface area (Å²) in [5.74, 6) is 1.11. The maximum Gasteiger partial charge on any atom is 0.195 e. The number of hydrogen-bond acceptors (Lipinski definition) is 5. The molecule has 1 fully saturated rings. The van der Waals surface area contributed by atoms with Crippen molar-refractivity contribution in [3.05, 3.63) is 17.3 Å². The molecule has 0 amide bonds. The summed E-state index contributed by atoms with van der Waals surface area (Å²) in [6.07, 6.45) is 2.61. The van der Waals surface area contributed by atoms with E-state index in [-0.39, 0.29) is 12.2 Å². The van der Waals surface area contributed by atoms with Gasteiger partial charge in [0.15, 0.2) is 10.8 Å². The summed E-state index contributed by atoms with van der Waals surface area (Å²) in [5, 5.41) is 5.61. The topological polar surface area (TPSA) is 41.8 Å². The van der Waals surface area contributed by atoms with Crippen LogP contribution in [0.2, 0.25) is 0 Å². The van der Waals surface area contributed by atoms with Gasteiger partial charge >= 0.3 is 0 Å². The lowest BCUT2D eigenvalue weighted by atomic mass is 10.2. The average Bonchev–Trinajstić information content (AvgIpc) is 2.95. The van der Waals surface area contributed by atoms with Crippen molar-refractivity contribution < 1.29 is 4.74 Å². The number of fused-ring (bicyclic) bond motifs is 1. The Morgan fingerprint density at radius 1 is 1.38 bits per heavy atom. The predicted octanol–water partition coefficient (Wildman–Crippen LogP) is 2.51. The molecule has 5 nitrogen and oxygen atoms in total. The van der Waals surface area contributed by atoms with Crippen LogP contribution in [-0.2, 0) is 11.3 Å². The van der Waals surface area contributed by atoms with Gasteiger partial charge in [0.1, 0.15) is 0 Å². The van der Waals surface area contributed by atoms with Crippen molar-refractivity contribution >= 4 is 22.1 Å². The first-order valence-corrected chi connectivity index (χ1v) is 8.50. The summed E-state index contributed by atoms with van der Waals surface area (Å²) in [5.41, 5.74) is 1.25. The molecular formula is C15H24N4OS. The molecule has 6 heteroatoms. The zero-order valence-electron chi connectivity index (χ0n) is 13.2. The Hall–Kier alpha value is -1.11. The fourth-order valence-corrected chi connectivity index (χ4v) is 3.62. The van der Waals surface area contributed by atoms with Gasteiger partial charge in [0.2, 0.25) is 0 Å². The van der Waals surface area contributed by atoms with Gasteiger partial charge in [-0.1, -0.05) is 13.8 Å².